The summed E-state index contributed by atoms with van der Waals surface area (Å²) in [6, 6.07) is 0. The van der Waals surface area contributed by atoms with Gasteiger partial charge >= 0.3 is 0 Å². The first-order chi connectivity index (χ1) is 5.83. The van der Waals surface area contributed by atoms with Crippen molar-refractivity contribution in [2.24, 2.45) is 5.92 Å². The van der Waals surface area contributed by atoms with Crippen LogP contribution in [0.5, 0.6) is 0 Å². The van der Waals surface area contributed by atoms with Gasteiger partial charge in [-0.15, -0.1) is 0 Å². The molecular weight excluding hydrogens is 148 g/mol. The van der Waals surface area contributed by atoms with Gasteiger partial charge in [-0.3, -0.25) is 4.98 Å². The minimum atomic E-state index is 0.879. The molecule has 68 valence electrons. The first-order valence-corrected chi connectivity index (χ1v) is 4.84. The summed E-state index contributed by atoms with van der Waals surface area (Å²) in [5, 5.41) is 0. The number of nitrogens with zero attached hydrogens (tertiary/aromatic N) is 1. The highest BCUT2D eigenvalue weighted by atomic mass is 15.0. The van der Waals surface area contributed by atoms with Gasteiger partial charge in [-0.1, -0.05) is 20.3 Å². The monoisotopic (exact) mass is 167 g/mol. The Morgan fingerprint density at radius 3 is 2.92 bits per heavy atom. The van der Waals surface area contributed by atoms with Crippen LogP contribution < -0.4 is 4.57 Å². The lowest BCUT2D eigenvalue weighted by Crippen LogP contribution is -2.30. The first-order valence-electron chi connectivity index (χ1n) is 4.84. The molecule has 1 rings (SSSR count). The van der Waals surface area contributed by atoms with E-state index in [2.05, 4.69) is 29.6 Å². The summed E-state index contributed by atoms with van der Waals surface area (Å²) in [6.45, 7) is 5.73. The highest BCUT2D eigenvalue weighted by molar-refractivity contribution is 4.56. The fourth-order valence-corrected chi connectivity index (χ4v) is 1.29. The van der Waals surface area contributed by atoms with Crippen molar-refractivity contribution in [1.82, 2.24) is 4.98 Å². The Bertz CT molecular complexity index is 192. The van der Waals surface area contributed by atoms with Gasteiger partial charge in [-0.25, -0.2) is 4.57 Å². The van der Waals surface area contributed by atoms with Crippen LogP contribution in [-0.2, 0) is 6.54 Å². The molecule has 1 heterocycles. The number of aryl methyl sites for hydroxylation is 1. The van der Waals surface area contributed by atoms with Crippen molar-refractivity contribution >= 4 is 0 Å². The number of rotatable bonds is 5. The summed E-state index contributed by atoms with van der Waals surface area (Å²) in [5.74, 6) is 0.879. The molecule has 1 unspecified atom stereocenters. The van der Waals surface area contributed by atoms with Gasteiger partial charge in [0.25, 0.3) is 0 Å². The van der Waals surface area contributed by atoms with Crippen molar-refractivity contribution in [2.45, 2.75) is 39.7 Å². The van der Waals surface area contributed by atoms with E-state index < -0.39 is 0 Å². The third-order valence-corrected chi connectivity index (χ3v) is 2.41. The van der Waals surface area contributed by atoms with E-state index in [9.17, 15) is 0 Å². The number of hydrogen-bond acceptors (Lipinski definition) is 0. The summed E-state index contributed by atoms with van der Waals surface area (Å²) in [5.41, 5.74) is 0. The molecule has 1 N–H and O–H groups in total. The van der Waals surface area contributed by atoms with Gasteiger partial charge in [0, 0.05) is 0 Å². The molecule has 0 saturated carbocycles. The average Bonchev–Trinajstić information content (AvgIpc) is 2.57. The summed E-state index contributed by atoms with van der Waals surface area (Å²) in [6.07, 6.45) is 9.99. The summed E-state index contributed by atoms with van der Waals surface area (Å²) < 4.78 is 2.20. The number of aromatic nitrogens is 2. The van der Waals surface area contributed by atoms with Crippen LogP contribution in [0.3, 0.4) is 0 Å². The average molecular weight is 167 g/mol. The molecule has 1 aromatic rings. The first kappa shape index (κ1) is 9.30. The quantitative estimate of drug-likeness (QED) is 0.648. The Morgan fingerprint density at radius 2 is 2.33 bits per heavy atom. The molecule has 2 heteroatoms. The molecule has 2 nitrogen and oxygen atoms in total. The fourth-order valence-electron chi connectivity index (χ4n) is 1.29. The van der Waals surface area contributed by atoms with Gasteiger partial charge in [0.05, 0.1) is 6.54 Å². The van der Waals surface area contributed by atoms with E-state index in [1.165, 1.54) is 19.3 Å². The van der Waals surface area contributed by atoms with Crippen LogP contribution in [0, 0.1) is 5.92 Å². The van der Waals surface area contributed by atoms with Gasteiger partial charge in [0.2, 0.25) is 6.33 Å². The summed E-state index contributed by atoms with van der Waals surface area (Å²) >= 11 is 0. The molecule has 0 radical (unpaired) electrons. The molecule has 0 aromatic carbocycles. The lowest BCUT2D eigenvalue weighted by atomic mass is 10.0. The molecule has 0 fully saturated rings. The molecule has 0 spiro atoms. The second-order valence-corrected chi connectivity index (χ2v) is 3.50. The number of H-pyrrole nitrogens is 1. The normalized spacial score (nSPS) is 13.2. The Morgan fingerprint density at radius 1 is 1.50 bits per heavy atom. The van der Waals surface area contributed by atoms with Crippen LogP contribution in [0.15, 0.2) is 18.7 Å². The Balaban J connectivity index is 2.11. The van der Waals surface area contributed by atoms with Crippen molar-refractivity contribution in [2.75, 3.05) is 0 Å². The van der Waals surface area contributed by atoms with Crippen LogP contribution in [0.1, 0.15) is 33.1 Å². The predicted molar refractivity (Wildman–Crippen MR) is 49.7 cm³/mol. The second-order valence-electron chi connectivity index (χ2n) is 3.50. The Labute approximate surface area is 74.6 Å². The molecule has 0 bridgehead atoms. The topological polar surface area (TPSA) is 19.7 Å². The third kappa shape index (κ3) is 3.07. The van der Waals surface area contributed by atoms with E-state index in [0.29, 0.717) is 0 Å². The number of aromatic amines is 1. The fraction of sp³-hybridized carbons (Fsp3) is 0.700. The molecule has 0 saturated heterocycles. The minimum absolute atomic E-state index is 0.879. The zero-order valence-electron chi connectivity index (χ0n) is 8.09. The maximum Gasteiger partial charge on any atom is 0.241 e. The van der Waals surface area contributed by atoms with Crippen molar-refractivity contribution < 1.29 is 4.57 Å². The van der Waals surface area contributed by atoms with Gasteiger partial charge in [-0.2, -0.15) is 0 Å². The van der Waals surface area contributed by atoms with Crippen LogP contribution in [0.2, 0.25) is 0 Å². The van der Waals surface area contributed by atoms with E-state index >= 15 is 0 Å². The van der Waals surface area contributed by atoms with E-state index in [4.69, 9.17) is 0 Å². The molecule has 0 aliphatic heterocycles. The van der Waals surface area contributed by atoms with Crippen LogP contribution in [-0.4, -0.2) is 4.98 Å². The molecular formula is C10H19N2+. The highest BCUT2D eigenvalue weighted by Gasteiger charge is 2.00. The number of imidazole rings is 1. The van der Waals surface area contributed by atoms with Crippen molar-refractivity contribution in [1.29, 1.82) is 0 Å². The lowest BCUT2D eigenvalue weighted by Gasteiger charge is -2.05. The Kier molecular flexibility index (Phi) is 3.85. The van der Waals surface area contributed by atoms with Crippen LogP contribution in [0.25, 0.3) is 0 Å². The molecule has 12 heavy (non-hydrogen) atoms. The number of nitrogens with one attached hydrogen (secondary N) is 1. The van der Waals surface area contributed by atoms with Gasteiger partial charge in [-0.05, 0) is 18.8 Å². The van der Waals surface area contributed by atoms with E-state index in [0.717, 1.165) is 12.5 Å². The van der Waals surface area contributed by atoms with E-state index in [-0.39, 0.29) is 0 Å². The predicted octanol–water partition coefficient (Wildman–Crippen LogP) is 2.13. The Hall–Kier alpha value is -0.790. The SMILES string of the molecule is CCC(C)CCC[n+]1cc[nH]c1. The standard InChI is InChI=1S/C10H18N2/c1-3-10(2)5-4-7-12-8-6-11-9-12/h6,8-10H,3-5,7H2,1-2H3/p+1. The third-order valence-electron chi connectivity index (χ3n) is 2.41. The second kappa shape index (κ2) is 4.96. The molecule has 0 aliphatic carbocycles. The summed E-state index contributed by atoms with van der Waals surface area (Å²) in [4.78, 5) is 3.04. The van der Waals surface area contributed by atoms with E-state index in [1.54, 1.807) is 0 Å². The largest absolute Gasteiger partial charge is 0.250 e. The van der Waals surface area contributed by atoms with Crippen LogP contribution >= 0.6 is 0 Å². The van der Waals surface area contributed by atoms with Gasteiger partial charge in [0.15, 0.2) is 0 Å². The maximum atomic E-state index is 3.04. The van der Waals surface area contributed by atoms with Crippen molar-refractivity contribution in [3.05, 3.63) is 18.7 Å². The van der Waals surface area contributed by atoms with Crippen molar-refractivity contribution in [3.8, 4) is 0 Å². The number of hydrogen-bond donors (Lipinski definition) is 1. The molecule has 1 aromatic heterocycles. The zero-order chi connectivity index (χ0) is 8.81. The van der Waals surface area contributed by atoms with Gasteiger partial charge < -0.3 is 0 Å². The molecule has 0 aliphatic rings. The molecule has 1 atom stereocenters. The minimum Gasteiger partial charge on any atom is -0.250 e. The zero-order valence-corrected chi connectivity index (χ0v) is 8.09. The smallest absolute Gasteiger partial charge is 0.241 e. The maximum absolute atomic E-state index is 3.04. The van der Waals surface area contributed by atoms with Crippen LogP contribution in [0.4, 0.5) is 0 Å². The van der Waals surface area contributed by atoms with E-state index in [1.807, 2.05) is 12.5 Å². The van der Waals surface area contributed by atoms with Crippen molar-refractivity contribution in [3.63, 3.8) is 0 Å². The summed E-state index contributed by atoms with van der Waals surface area (Å²) in [7, 11) is 0. The lowest BCUT2D eigenvalue weighted by molar-refractivity contribution is -0.696. The highest BCUT2D eigenvalue weighted by Crippen LogP contribution is 2.08. The molecule has 0 amide bonds. The van der Waals surface area contributed by atoms with Gasteiger partial charge in [0.1, 0.15) is 12.4 Å².